The van der Waals surface area contributed by atoms with Gasteiger partial charge in [0.05, 0.1) is 23.8 Å². The van der Waals surface area contributed by atoms with Gasteiger partial charge in [0.2, 0.25) is 11.8 Å². The molecule has 3 rings (SSSR count). The molecule has 3 N–H and O–H groups in total. The number of hydrogen-bond acceptors (Lipinski definition) is 5. The van der Waals surface area contributed by atoms with Crippen LogP contribution in [0.2, 0.25) is 0 Å². The number of amides is 2. The van der Waals surface area contributed by atoms with Crippen LogP contribution in [0.1, 0.15) is 46.0 Å². The molecule has 3 atom stereocenters. The predicted octanol–water partition coefficient (Wildman–Crippen LogP) is 2.10. The quantitative estimate of drug-likeness (QED) is 0.415. The molecule has 0 saturated heterocycles. The summed E-state index contributed by atoms with van der Waals surface area (Å²) in [6.07, 6.45) is 4.63. The molecule has 2 saturated carbocycles. The number of primary amides is 1. The highest BCUT2D eigenvalue weighted by Gasteiger charge is 2.51. The van der Waals surface area contributed by atoms with Crippen LogP contribution in [0, 0.1) is 17.3 Å². The Morgan fingerprint density at radius 1 is 1.33 bits per heavy atom. The first-order valence-electron chi connectivity index (χ1n) is 8.72. The van der Waals surface area contributed by atoms with Gasteiger partial charge in [-0.15, -0.1) is 11.8 Å². The molecular weight excluding hydrogens is 328 g/mol. The maximum Gasteiger partial charge on any atom is 0.247 e. The average Bonchev–Trinajstić information content (AvgIpc) is 3.31. The summed E-state index contributed by atoms with van der Waals surface area (Å²) in [6.45, 7) is 5.09. The van der Waals surface area contributed by atoms with Crippen LogP contribution in [0.15, 0.2) is 10.6 Å². The van der Waals surface area contributed by atoms with Gasteiger partial charge in [0.25, 0.3) is 0 Å². The fraction of sp³-hybridized carbons (Fsp3) is 0.765. The minimum atomic E-state index is -0.414. The molecule has 0 aromatic heterocycles. The third-order valence-electron chi connectivity index (χ3n) is 5.32. The van der Waals surface area contributed by atoms with Gasteiger partial charge in [0.1, 0.15) is 0 Å². The molecular formula is C17H26N2O4S. The molecule has 7 heteroatoms. The molecule has 0 spiro atoms. The van der Waals surface area contributed by atoms with Crippen molar-refractivity contribution in [2.75, 3.05) is 13.2 Å². The number of rotatable bonds is 7. The number of thioether (sulfide) groups is 1. The Morgan fingerprint density at radius 2 is 2.08 bits per heavy atom. The summed E-state index contributed by atoms with van der Waals surface area (Å²) in [7, 11) is 0. The molecule has 134 valence electrons. The van der Waals surface area contributed by atoms with Crippen molar-refractivity contribution in [1.29, 1.82) is 0 Å². The van der Waals surface area contributed by atoms with Crippen molar-refractivity contribution in [1.82, 2.24) is 5.32 Å². The van der Waals surface area contributed by atoms with E-state index in [-0.39, 0.29) is 22.5 Å². The molecule has 2 amide bonds. The Balaban J connectivity index is 1.71. The number of carbonyl (C=O) groups excluding carboxylic acids is 2. The Hall–Kier alpha value is -1.05. The van der Waals surface area contributed by atoms with Crippen LogP contribution in [0.25, 0.3) is 0 Å². The van der Waals surface area contributed by atoms with Gasteiger partial charge in [-0.05, 0) is 44.9 Å². The van der Waals surface area contributed by atoms with Crippen molar-refractivity contribution >= 4 is 23.6 Å². The van der Waals surface area contributed by atoms with Crippen molar-refractivity contribution < 1.29 is 19.4 Å². The number of nitrogens with two attached hydrogens (primary N) is 1. The summed E-state index contributed by atoms with van der Waals surface area (Å²) >= 11 is 1.60. The van der Waals surface area contributed by atoms with Crippen LogP contribution in [-0.2, 0) is 19.4 Å². The molecule has 3 aliphatic rings. The van der Waals surface area contributed by atoms with Gasteiger partial charge in [0.15, 0.2) is 0 Å². The Morgan fingerprint density at radius 3 is 2.71 bits per heavy atom. The summed E-state index contributed by atoms with van der Waals surface area (Å²) in [5, 5.41) is 3.88. The molecule has 1 aliphatic heterocycles. The zero-order valence-electron chi connectivity index (χ0n) is 14.3. The van der Waals surface area contributed by atoms with E-state index in [1.807, 2.05) is 6.92 Å². The van der Waals surface area contributed by atoms with Gasteiger partial charge in [-0.2, -0.15) is 0 Å². The molecule has 0 aromatic carbocycles. The number of nitrogens with one attached hydrogen (secondary N) is 1. The summed E-state index contributed by atoms with van der Waals surface area (Å²) in [4.78, 5) is 34.4. The van der Waals surface area contributed by atoms with E-state index in [1.54, 1.807) is 11.8 Å². The van der Waals surface area contributed by atoms with E-state index >= 15 is 0 Å². The average molecular weight is 354 g/mol. The highest BCUT2D eigenvalue weighted by Crippen LogP contribution is 2.57. The van der Waals surface area contributed by atoms with Crippen LogP contribution in [0.5, 0.6) is 0 Å². The summed E-state index contributed by atoms with van der Waals surface area (Å²) in [6, 6.07) is 0. The van der Waals surface area contributed by atoms with Crippen molar-refractivity contribution in [2.45, 2.75) is 51.2 Å². The summed E-state index contributed by atoms with van der Waals surface area (Å²) < 4.78 is 0. The monoisotopic (exact) mass is 354 g/mol. The predicted molar refractivity (Wildman–Crippen MR) is 91.5 cm³/mol. The van der Waals surface area contributed by atoms with Crippen molar-refractivity contribution in [3.05, 3.63) is 10.6 Å². The topological polar surface area (TPSA) is 90.7 Å². The second kappa shape index (κ2) is 7.06. The minimum Gasteiger partial charge on any atom is -0.366 e. The lowest BCUT2D eigenvalue weighted by Crippen LogP contribution is -2.40. The Bertz CT molecular complexity index is 561. The van der Waals surface area contributed by atoms with Crippen LogP contribution in [0.4, 0.5) is 0 Å². The maximum atomic E-state index is 12.1. The highest BCUT2D eigenvalue weighted by molar-refractivity contribution is 8.04. The molecule has 24 heavy (non-hydrogen) atoms. The van der Waals surface area contributed by atoms with Gasteiger partial charge < -0.3 is 11.1 Å². The fourth-order valence-corrected chi connectivity index (χ4v) is 5.45. The van der Waals surface area contributed by atoms with E-state index in [0.717, 1.165) is 32.1 Å². The van der Waals surface area contributed by atoms with Crippen LogP contribution >= 0.6 is 11.8 Å². The summed E-state index contributed by atoms with van der Waals surface area (Å²) in [5.74, 6) is 0.113. The van der Waals surface area contributed by atoms with Crippen LogP contribution in [0.3, 0.4) is 0 Å². The van der Waals surface area contributed by atoms with Gasteiger partial charge >= 0.3 is 0 Å². The first-order chi connectivity index (χ1) is 11.5. The normalized spacial score (nSPS) is 32.6. The molecule has 3 unspecified atom stereocenters. The molecule has 0 bridgehead atoms. The smallest absolute Gasteiger partial charge is 0.247 e. The standard InChI is InChI=1S/C17H26N2O4S/c1-3-22-23-9-10-6-7-17(2)12(8-10)24-16(13(17)14(18)20)19-15(21)11-4-5-11/h10-12H,3-9H2,1-2H3,(H2,18,20)(H,19,21). The number of fused-ring (bicyclic) bond motifs is 1. The van der Waals surface area contributed by atoms with E-state index in [4.69, 9.17) is 15.5 Å². The highest BCUT2D eigenvalue weighted by atomic mass is 32.2. The lowest BCUT2D eigenvalue weighted by molar-refractivity contribution is -0.299. The molecule has 2 aliphatic carbocycles. The second-order valence-corrected chi connectivity index (χ2v) is 8.40. The first-order valence-corrected chi connectivity index (χ1v) is 9.60. The largest absolute Gasteiger partial charge is 0.366 e. The van der Waals surface area contributed by atoms with Crippen LogP contribution in [-0.4, -0.2) is 30.3 Å². The van der Waals surface area contributed by atoms with Gasteiger partial charge in [0, 0.05) is 16.6 Å². The lowest BCUT2D eigenvalue weighted by atomic mass is 9.67. The molecule has 0 radical (unpaired) electrons. The zero-order chi connectivity index (χ0) is 17.3. The van der Waals surface area contributed by atoms with Crippen molar-refractivity contribution in [3.8, 4) is 0 Å². The SMILES string of the molecule is CCOOCC1CCC2(C)C(C(N)=O)=C(NC(=O)C3CC3)SC2C1. The lowest BCUT2D eigenvalue weighted by Gasteiger charge is -2.40. The van der Waals surface area contributed by atoms with E-state index in [2.05, 4.69) is 12.2 Å². The third-order valence-corrected chi connectivity index (χ3v) is 6.86. The first kappa shape index (κ1) is 17.8. The molecule has 1 heterocycles. The van der Waals surface area contributed by atoms with E-state index < -0.39 is 5.91 Å². The Labute approximate surface area is 146 Å². The van der Waals surface area contributed by atoms with E-state index in [9.17, 15) is 9.59 Å². The third kappa shape index (κ3) is 3.48. The van der Waals surface area contributed by atoms with Gasteiger partial charge in [-0.1, -0.05) is 6.92 Å². The Kier molecular flexibility index (Phi) is 5.22. The number of hydrogen-bond donors (Lipinski definition) is 2. The second-order valence-electron chi connectivity index (χ2n) is 7.19. The minimum absolute atomic E-state index is 0.0229. The number of carbonyl (C=O) groups is 2. The molecule has 0 aromatic rings. The van der Waals surface area contributed by atoms with Crippen LogP contribution < -0.4 is 11.1 Å². The fourth-order valence-electron chi connectivity index (χ4n) is 3.69. The van der Waals surface area contributed by atoms with Crippen molar-refractivity contribution in [3.63, 3.8) is 0 Å². The van der Waals surface area contributed by atoms with E-state index in [1.165, 1.54) is 0 Å². The van der Waals surface area contributed by atoms with Gasteiger partial charge in [-0.25, -0.2) is 9.78 Å². The van der Waals surface area contributed by atoms with E-state index in [0.29, 0.717) is 29.7 Å². The zero-order valence-corrected chi connectivity index (χ0v) is 15.1. The van der Waals surface area contributed by atoms with Gasteiger partial charge in [-0.3, -0.25) is 9.59 Å². The molecule has 2 fully saturated rings. The van der Waals surface area contributed by atoms with Crippen molar-refractivity contribution in [2.24, 2.45) is 23.0 Å². The molecule has 6 nitrogen and oxygen atoms in total. The maximum absolute atomic E-state index is 12.1. The summed E-state index contributed by atoms with van der Waals surface area (Å²) in [5.41, 5.74) is 6.01.